The Morgan fingerprint density at radius 2 is 1.57 bits per heavy atom. The van der Waals surface area contributed by atoms with E-state index in [-0.39, 0.29) is 0 Å². The SMILES string of the molecule is Clc1cccc(C[NH+]2CC[NH+](Cc3cccnc3)CC2)c1. The molecular weight excluding hydrogens is 282 g/mol. The number of aromatic nitrogens is 1. The molecular formula is C17H22ClN3+2. The van der Waals surface area contributed by atoms with E-state index in [9.17, 15) is 0 Å². The molecule has 1 fully saturated rings. The molecule has 110 valence electrons. The molecule has 0 amide bonds. The van der Waals surface area contributed by atoms with Gasteiger partial charge < -0.3 is 9.80 Å². The molecule has 3 nitrogen and oxygen atoms in total. The summed E-state index contributed by atoms with van der Waals surface area (Å²) in [6.45, 7) is 7.08. The van der Waals surface area contributed by atoms with Gasteiger partial charge >= 0.3 is 0 Å². The second-order valence-corrected chi connectivity index (χ2v) is 6.28. The number of pyridine rings is 1. The van der Waals surface area contributed by atoms with E-state index in [1.807, 2.05) is 30.6 Å². The van der Waals surface area contributed by atoms with Gasteiger partial charge in [0.2, 0.25) is 0 Å². The van der Waals surface area contributed by atoms with Gasteiger partial charge in [0.1, 0.15) is 39.3 Å². The number of hydrogen-bond donors (Lipinski definition) is 2. The predicted molar refractivity (Wildman–Crippen MR) is 84.5 cm³/mol. The Labute approximate surface area is 131 Å². The van der Waals surface area contributed by atoms with Crippen LogP contribution in [0.5, 0.6) is 0 Å². The van der Waals surface area contributed by atoms with Crippen molar-refractivity contribution in [3.8, 4) is 0 Å². The molecule has 0 atom stereocenters. The van der Waals surface area contributed by atoms with Crippen molar-refractivity contribution in [3.63, 3.8) is 0 Å². The Balaban J connectivity index is 1.49. The van der Waals surface area contributed by atoms with Crippen LogP contribution in [0.1, 0.15) is 11.1 Å². The molecule has 1 aromatic carbocycles. The van der Waals surface area contributed by atoms with Crippen LogP contribution in [0.3, 0.4) is 0 Å². The van der Waals surface area contributed by atoms with Crippen molar-refractivity contribution in [1.82, 2.24) is 4.98 Å². The van der Waals surface area contributed by atoms with Crippen LogP contribution in [0, 0.1) is 0 Å². The summed E-state index contributed by atoms with van der Waals surface area (Å²) in [7, 11) is 0. The summed E-state index contributed by atoms with van der Waals surface area (Å²) < 4.78 is 0. The zero-order chi connectivity index (χ0) is 14.5. The maximum atomic E-state index is 6.06. The highest BCUT2D eigenvalue weighted by Crippen LogP contribution is 2.09. The fraction of sp³-hybridized carbons (Fsp3) is 0.353. The second-order valence-electron chi connectivity index (χ2n) is 5.84. The normalized spacial score (nSPS) is 22.1. The van der Waals surface area contributed by atoms with E-state index < -0.39 is 0 Å². The lowest BCUT2D eigenvalue weighted by Gasteiger charge is -2.29. The van der Waals surface area contributed by atoms with Gasteiger partial charge in [0, 0.05) is 28.5 Å². The molecule has 2 aromatic rings. The number of halogens is 1. The van der Waals surface area contributed by atoms with Gasteiger partial charge in [-0.15, -0.1) is 0 Å². The van der Waals surface area contributed by atoms with E-state index in [4.69, 9.17) is 11.6 Å². The second kappa shape index (κ2) is 7.03. The van der Waals surface area contributed by atoms with Crippen molar-refractivity contribution in [2.24, 2.45) is 0 Å². The Hall–Kier alpha value is -1.42. The first-order valence-electron chi connectivity index (χ1n) is 7.60. The highest BCUT2D eigenvalue weighted by molar-refractivity contribution is 6.30. The molecule has 4 heteroatoms. The van der Waals surface area contributed by atoms with Gasteiger partial charge in [-0.3, -0.25) is 4.98 Å². The summed E-state index contributed by atoms with van der Waals surface area (Å²) in [5.74, 6) is 0. The van der Waals surface area contributed by atoms with Crippen LogP contribution in [-0.4, -0.2) is 31.2 Å². The Morgan fingerprint density at radius 3 is 2.19 bits per heavy atom. The lowest BCUT2D eigenvalue weighted by molar-refractivity contribution is -1.02. The van der Waals surface area contributed by atoms with Crippen LogP contribution in [0.4, 0.5) is 0 Å². The van der Waals surface area contributed by atoms with Crippen molar-refractivity contribution in [3.05, 3.63) is 64.9 Å². The average molecular weight is 304 g/mol. The number of nitrogens with one attached hydrogen (secondary N) is 2. The van der Waals surface area contributed by atoms with Gasteiger partial charge in [0.05, 0.1) is 0 Å². The summed E-state index contributed by atoms with van der Waals surface area (Å²) in [4.78, 5) is 7.52. The first-order valence-corrected chi connectivity index (χ1v) is 7.98. The lowest BCUT2D eigenvalue weighted by atomic mass is 10.2. The van der Waals surface area contributed by atoms with Crippen LogP contribution in [0.25, 0.3) is 0 Å². The molecule has 0 spiro atoms. The van der Waals surface area contributed by atoms with Crippen LogP contribution in [0.15, 0.2) is 48.8 Å². The van der Waals surface area contributed by atoms with Crippen molar-refractivity contribution in [2.45, 2.75) is 13.1 Å². The summed E-state index contributed by atoms with van der Waals surface area (Å²) in [6, 6.07) is 12.4. The quantitative estimate of drug-likeness (QED) is 0.829. The fourth-order valence-corrected chi connectivity index (χ4v) is 3.25. The third-order valence-electron chi connectivity index (χ3n) is 4.18. The number of rotatable bonds is 4. The molecule has 1 aliphatic heterocycles. The minimum Gasteiger partial charge on any atom is -0.322 e. The minimum absolute atomic E-state index is 0.840. The van der Waals surface area contributed by atoms with E-state index >= 15 is 0 Å². The number of piperazine rings is 1. The summed E-state index contributed by atoms with van der Waals surface area (Å²) >= 11 is 6.06. The molecule has 0 saturated carbocycles. The Kier molecular flexibility index (Phi) is 4.86. The Bertz CT molecular complexity index is 565. The molecule has 0 bridgehead atoms. The van der Waals surface area contributed by atoms with Crippen molar-refractivity contribution in [1.29, 1.82) is 0 Å². The smallest absolute Gasteiger partial charge is 0.127 e. The third-order valence-corrected chi connectivity index (χ3v) is 4.42. The molecule has 21 heavy (non-hydrogen) atoms. The van der Waals surface area contributed by atoms with Gasteiger partial charge in [0.25, 0.3) is 0 Å². The zero-order valence-corrected chi connectivity index (χ0v) is 12.9. The van der Waals surface area contributed by atoms with Crippen molar-refractivity contribution < 1.29 is 9.80 Å². The van der Waals surface area contributed by atoms with E-state index in [0.29, 0.717) is 0 Å². The maximum absolute atomic E-state index is 6.06. The lowest BCUT2D eigenvalue weighted by Crippen LogP contribution is -3.27. The summed E-state index contributed by atoms with van der Waals surface area (Å²) in [5.41, 5.74) is 2.68. The monoisotopic (exact) mass is 303 g/mol. The van der Waals surface area contributed by atoms with Crippen LogP contribution < -0.4 is 9.80 Å². The first-order chi connectivity index (χ1) is 10.3. The molecule has 3 rings (SSSR count). The average Bonchev–Trinajstić information content (AvgIpc) is 2.50. The maximum Gasteiger partial charge on any atom is 0.127 e. The topological polar surface area (TPSA) is 21.8 Å². The zero-order valence-electron chi connectivity index (χ0n) is 12.2. The van der Waals surface area contributed by atoms with Crippen LogP contribution >= 0.6 is 11.6 Å². The van der Waals surface area contributed by atoms with Crippen LogP contribution in [0.2, 0.25) is 5.02 Å². The number of hydrogen-bond acceptors (Lipinski definition) is 1. The largest absolute Gasteiger partial charge is 0.322 e. The highest BCUT2D eigenvalue weighted by atomic mass is 35.5. The van der Waals surface area contributed by atoms with Gasteiger partial charge in [-0.1, -0.05) is 29.8 Å². The predicted octanol–water partition coefficient (Wildman–Crippen LogP) is 0.219. The van der Waals surface area contributed by atoms with Gasteiger partial charge in [-0.25, -0.2) is 0 Å². The standard InChI is InChI=1S/C17H20ClN3/c18-17-5-1-3-15(11-17)13-20-7-9-21(10-8-20)14-16-4-2-6-19-12-16/h1-6,11-12H,7-10,13-14H2/p+2. The number of benzene rings is 1. The fourth-order valence-electron chi connectivity index (χ4n) is 3.04. The molecule has 2 heterocycles. The first kappa shape index (κ1) is 14.5. The molecule has 0 radical (unpaired) electrons. The molecule has 2 N–H and O–H groups in total. The van der Waals surface area contributed by atoms with E-state index in [2.05, 4.69) is 23.2 Å². The van der Waals surface area contributed by atoms with Gasteiger partial charge in [-0.05, 0) is 18.2 Å². The van der Waals surface area contributed by atoms with Crippen molar-refractivity contribution >= 4 is 11.6 Å². The van der Waals surface area contributed by atoms with E-state index in [0.717, 1.165) is 18.1 Å². The minimum atomic E-state index is 0.840. The highest BCUT2D eigenvalue weighted by Gasteiger charge is 2.23. The molecule has 0 unspecified atom stereocenters. The molecule has 1 aromatic heterocycles. The van der Waals surface area contributed by atoms with E-state index in [1.54, 1.807) is 9.80 Å². The molecule has 1 saturated heterocycles. The Morgan fingerprint density at radius 1 is 0.905 bits per heavy atom. The van der Waals surface area contributed by atoms with E-state index in [1.165, 1.54) is 37.3 Å². The van der Waals surface area contributed by atoms with Gasteiger partial charge in [-0.2, -0.15) is 0 Å². The summed E-state index contributed by atoms with van der Waals surface area (Å²) in [6.07, 6.45) is 3.82. The molecule has 1 aliphatic rings. The molecule has 0 aliphatic carbocycles. The van der Waals surface area contributed by atoms with Crippen molar-refractivity contribution in [2.75, 3.05) is 26.2 Å². The van der Waals surface area contributed by atoms with Crippen LogP contribution in [-0.2, 0) is 13.1 Å². The number of nitrogens with zero attached hydrogens (tertiary/aromatic N) is 1. The van der Waals surface area contributed by atoms with Gasteiger partial charge in [0.15, 0.2) is 0 Å². The summed E-state index contributed by atoms with van der Waals surface area (Å²) in [5, 5.41) is 0.840. The number of quaternary nitrogens is 2. The third kappa shape index (κ3) is 4.27.